The fourth-order valence-electron chi connectivity index (χ4n) is 1.15. The molecule has 0 bridgehead atoms. The SMILES string of the molecule is C=Cc1ccc2c(Cl)nccc2n1. The van der Waals surface area contributed by atoms with E-state index in [2.05, 4.69) is 16.5 Å². The molecule has 0 amide bonds. The topological polar surface area (TPSA) is 25.8 Å². The molecule has 0 aliphatic heterocycles. The van der Waals surface area contributed by atoms with E-state index < -0.39 is 0 Å². The molecule has 0 radical (unpaired) electrons. The zero-order valence-corrected chi connectivity index (χ0v) is 7.62. The Bertz CT molecular complexity index is 465. The van der Waals surface area contributed by atoms with E-state index in [1.807, 2.05) is 18.2 Å². The Morgan fingerprint density at radius 1 is 1.31 bits per heavy atom. The molecule has 0 spiro atoms. The van der Waals surface area contributed by atoms with Crippen molar-refractivity contribution >= 4 is 28.6 Å². The van der Waals surface area contributed by atoms with Crippen LogP contribution in [0.25, 0.3) is 17.0 Å². The summed E-state index contributed by atoms with van der Waals surface area (Å²) in [5.41, 5.74) is 1.69. The monoisotopic (exact) mass is 190 g/mol. The number of hydrogen-bond donors (Lipinski definition) is 0. The van der Waals surface area contributed by atoms with Gasteiger partial charge < -0.3 is 0 Å². The fraction of sp³-hybridized carbons (Fsp3) is 0. The van der Waals surface area contributed by atoms with E-state index in [4.69, 9.17) is 11.6 Å². The second-order valence-electron chi connectivity index (χ2n) is 2.61. The molecule has 2 aromatic heterocycles. The highest BCUT2D eigenvalue weighted by Crippen LogP contribution is 2.19. The minimum atomic E-state index is 0.487. The summed E-state index contributed by atoms with van der Waals surface area (Å²) in [6.45, 7) is 3.65. The molecule has 2 rings (SSSR count). The van der Waals surface area contributed by atoms with Gasteiger partial charge in [0.25, 0.3) is 0 Å². The standard InChI is InChI=1S/C10H7ClN2/c1-2-7-3-4-8-9(13-7)5-6-12-10(8)11/h2-6H,1H2. The number of aromatic nitrogens is 2. The maximum Gasteiger partial charge on any atom is 0.138 e. The van der Waals surface area contributed by atoms with Crippen LogP contribution in [0.4, 0.5) is 0 Å². The lowest BCUT2D eigenvalue weighted by Crippen LogP contribution is -1.84. The molecule has 0 aromatic carbocycles. The van der Waals surface area contributed by atoms with Gasteiger partial charge in [-0.2, -0.15) is 0 Å². The van der Waals surface area contributed by atoms with E-state index in [0.29, 0.717) is 5.15 Å². The first-order chi connectivity index (χ1) is 6.31. The van der Waals surface area contributed by atoms with Crippen LogP contribution in [0.15, 0.2) is 31.0 Å². The summed E-state index contributed by atoms with van der Waals surface area (Å²) >= 11 is 5.88. The van der Waals surface area contributed by atoms with E-state index in [1.54, 1.807) is 12.3 Å². The summed E-state index contributed by atoms with van der Waals surface area (Å²) in [4.78, 5) is 8.27. The first kappa shape index (κ1) is 8.20. The number of nitrogens with zero attached hydrogens (tertiary/aromatic N) is 2. The van der Waals surface area contributed by atoms with Crippen molar-refractivity contribution in [1.29, 1.82) is 0 Å². The van der Waals surface area contributed by atoms with Crippen LogP contribution in [0.3, 0.4) is 0 Å². The van der Waals surface area contributed by atoms with E-state index in [0.717, 1.165) is 16.6 Å². The largest absolute Gasteiger partial charge is 0.248 e. The molecule has 2 nitrogen and oxygen atoms in total. The van der Waals surface area contributed by atoms with Crippen molar-refractivity contribution in [2.75, 3.05) is 0 Å². The van der Waals surface area contributed by atoms with Gasteiger partial charge in [0.1, 0.15) is 5.15 Å². The molecule has 0 saturated carbocycles. The fourth-order valence-corrected chi connectivity index (χ4v) is 1.36. The Kier molecular flexibility index (Phi) is 1.99. The van der Waals surface area contributed by atoms with Crippen molar-refractivity contribution in [3.05, 3.63) is 41.8 Å². The van der Waals surface area contributed by atoms with Gasteiger partial charge in [-0.15, -0.1) is 0 Å². The van der Waals surface area contributed by atoms with Crippen LogP contribution >= 0.6 is 11.6 Å². The van der Waals surface area contributed by atoms with Gasteiger partial charge in [-0.3, -0.25) is 0 Å². The Labute approximate surface area is 80.9 Å². The first-order valence-corrected chi connectivity index (χ1v) is 4.23. The molecular formula is C10H7ClN2. The smallest absolute Gasteiger partial charge is 0.138 e. The van der Waals surface area contributed by atoms with Gasteiger partial charge in [-0.1, -0.05) is 18.2 Å². The quantitative estimate of drug-likeness (QED) is 0.647. The molecule has 0 fully saturated rings. The summed E-state index contributed by atoms with van der Waals surface area (Å²) in [7, 11) is 0. The van der Waals surface area contributed by atoms with Crippen molar-refractivity contribution < 1.29 is 0 Å². The summed E-state index contributed by atoms with van der Waals surface area (Å²) in [5, 5.41) is 1.36. The Hall–Kier alpha value is -1.41. The third-order valence-corrected chi connectivity index (χ3v) is 2.10. The van der Waals surface area contributed by atoms with E-state index in [9.17, 15) is 0 Å². The average Bonchev–Trinajstić information content (AvgIpc) is 2.18. The lowest BCUT2D eigenvalue weighted by molar-refractivity contribution is 1.31. The van der Waals surface area contributed by atoms with Gasteiger partial charge in [-0.05, 0) is 24.3 Å². The lowest BCUT2D eigenvalue weighted by atomic mass is 10.2. The van der Waals surface area contributed by atoms with Crippen LogP contribution in [0, 0.1) is 0 Å². The van der Waals surface area contributed by atoms with Crippen LogP contribution < -0.4 is 0 Å². The van der Waals surface area contributed by atoms with Crippen molar-refractivity contribution in [3.63, 3.8) is 0 Å². The Balaban J connectivity index is 2.79. The van der Waals surface area contributed by atoms with Gasteiger partial charge in [0.2, 0.25) is 0 Å². The highest BCUT2D eigenvalue weighted by Gasteiger charge is 1.99. The number of fused-ring (bicyclic) bond motifs is 1. The molecule has 0 aliphatic carbocycles. The predicted octanol–water partition coefficient (Wildman–Crippen LogP) is 2.93. The van der Waals surface area contributed by atoms with Crippen molar-refractivity contribution in [1.82, 2.24) is 9.97 Å². The molecule has 2 heterocycles. The molecule has 0 saturated heterocycles. The number of hydrogen-bond acceptors (Lipinski definition) is 2. The molecule has 0 atom stereocenters. The van der Waals surface area contributed by atoms with Gasteiger partial charge in [0.05, 0.1) is 11.2 Å². The van der Waals surface area contributed by atoms with Crippen LogP contribution in [-0.4, -0.2) is 9.97 Å². The van der Waals surface area contributed by atoms with Gasteiger partial charge in [0, 0.05) is 11.6 Å². The summed E-state index contributed by atoms with van der Waals surface area (Å²) in [5.74, 6) is 0. The Morgan fingerprint density at radius 3 is 2.92 bits per heavy atom. The molecule has 3 heteroatoms. The Morgan fingerprint density at radius 2 is 2.15 bits per heavy atom. The summed E-state index contributed by atoms with van der Waals surface area (Å²) in [6, 6.07) is 5.59. The second-order valence-corrected chi connectivity index (χ2v) is 2.97. The molecule has 0 aliphatic rings. The minimum absolute atomic E-state index is 0.487. The third-order valence-electron chi connectivity index (χ3n) is 1.80. The van der Waals surface area contributed by atoms with Crippen LogP contribution in [0.2, 0.25) is 5.15 Å². The van der Waals surface area contributed by atoms with Crippen molar-refractivity contribution in [3.8, 4) is 0 Å². The van der Waals surface area contributed by atoms with E-state index in [-0.39, 0.29) is 0 Å². The normalized spacial score (nSPS) is 10.2. The average molecular weight is 191 g/mol. The first-order valence-electron chi connectivity index (χ1n) is 3.85. The molecule has 0 unspecified atom stereocenters. The third kappa shape index (κ3) is 1.40. The van der Waals surface area contributed by atoms with Gasteiger partial charge >= 0.3 is 0 Å². The lowest BCUT2D eigenvalue weighted by Gasteiger charge is -1.99. The van der Waals surface area contributed by atoms with Gasteiger partial charge in [0.15, 0.2) is 0 Å². The minimum Gasteiger partial charge on any atom is -0.248 e. The van der Waals surface area contributed by atoms with E-state index in [1.165, 1.54) is 0 Å². The summed E-state index contributed by atoms with van der Waals surface area (Å²) < 4.78 is 0. The second kappa shape index (κ2) is 3.15. The van der Waals surface area contributed by atoms with Crippen LogP contribution in [0.5, 0.6) is 0 Å². The zero-order valence-electron chi connectivity index (χ0n) is 6.87. The maximum atomic E-state index is 5.88. The molecule has 0 N–H and O–H groups in total. The highest BCUT2D eigenvalue weighted by atomic mass is 35.5. The van der Waals surface area contributed by atoms with Crippen molar-refractivity contribution in [2.45, 2.75) is 0 Å². The summed E-state index contributed by atoms with van der Waals surface area (Å²) in [6.07, 6.45) is 3.35. The molecular weight excluding hydrogens is 184 g/mol. The molecule has 13 heavy (non-hydrogen) atoms. The predicted molar refractivity (Wildman–Crippen MR) is 54.6 cm³/mol. The molecule has 2 aromatic rings. The van der Waals surface area contributed by atoms with E-state index >= 15 is 0 Å². The number of halogens is 1. The zero-order chi connectivity index (χ0) is 9.26. The van der Waals surface area contributed by atoms with Crippen molar-refractivity contribution in [2.24, 2.45) is 0 Å². The number of pyridine rings is 2. The maximum absolute atomic E-state index is 5.88. The van der Waals surface area contributed by atoms with Crippen LogP contribution in [0.1, 0.15) is 5.69 Å². The van der Waals surface area contributed by atoms with Gasteiger partial charge in [-0.25, -0.2) is 9.97 Å². The number of rotatable bonds is 1. The molecule has 64 valence electrons. The van der Waals surface area contributed by atoms with Crippen LogP contribution in [-0.2, 0) is 0 Å². The highest BCUT2D eigenvalue weighted by molar-refractivity contribution is 6.34.